The normalized spacial score (nSPS) is 12.1. The summed E-state index contributed by atoms with van der Waals surface area (Å²) in [4.78, 5) is 1.20. The number of hydrogen-bond acceptors (Lipinski definition) is 3. The molecule has 1 atom stereocenters. The van der Waals surface area contributed by atoms with Gasteiger partial charge in [0.2, 0.25) is 0 Å². The minimum atomic E-state index is -0.371. The molecule has 1 aromatic carbocycles. The van der Waals surface area contributed by atoms with Gasteiger partial charge in [0.25, 0.3) is 0 Å². The SMILES string of the molecule is Cc1ccccc1SCC(N)C#N. The molecule has 13 heavy (non-hydrogen) atoms. The zero-order valence-electron chi connectivity index (χ0n) is 7.53. The summed E-state index contributed by atoms with van der Waals surface area (Å²) in [5, 5.41) is 8.49. The molecule has 0 amide bonds. The molecule has 2 nitrogen and oxygen atoms in total. The van der Waals surface area contributed by atoms with Crippen molar-refractivity contribution in [3.63, 3.8) is 0 Å². The van der Waals surface area contributed by atoms with Gasteiger partial charge in [0.15, 0.2) is 0 Å². The quantitative estimate of drug-likeness (QED) is 0.744. The first-order valence-electron chi connectivity index (χ1n) is 4.07. The third-order valence-corrected chi connectivity index (χ3v) is 2.97. The molecule has 0 fully saturated rings. The maximum atomic E-state index is 8.49. The lowest BCUT2D eigenvalue weighted by molar-refractivity contribution is 0.953. The van der Waals surface area contributed by atoms with E-state index in [1.807, 2.05) is 24.3 Å². The number of thioether (sulfide) groups is 1. The molecular weight excluding hydrogens is 180 g/mol. The zero-order valence-corrected chi connectivity index (χ0v) is 8.34. The molecule has 0 aliphatic rings. The summed E-state index contributed by atoms with van der Waals surface area (Å²) in [5.74, 6) is 0.654. The van der Waals surface area contributed by atoms with Gasteiger partial charge in [-0.05, 0) is 18.6 Å². The molecular formula is C10H12N2S. The van der Waals surface area contributed by atoms with Gasteiger partial charge in [-0.2, -0.15) is 5.26 Å². The second-order valence-corrected chi connectivity index (χ2v) is 3.87. The highest BCUT2D eigenvalue weighted by Crippen LogP contribution is 2.21. The molecule has 0 spiro atoms. The Labute approximate surface area is 82.7 Å². The topological polar surface area (TPSA) is 49.8 Å². The van der Waals surface area contributed by atoms with Crippen LogP contribution in [0.4, 0.5) is 0 Å². The van der Waals surface area contributed by atoms with Gasteiger partial charge < -0.3 is 5.73 Å². The number of nitriles is 1. The molecule has 2 N–H and O–H groups in total. The standard InChI is InChI=1S/C10H12N2S/c1-8-4-2-3-5-10(8)13-7-9(12)6-11/h2-5,9H,7,12H2,1H3. The van der Waals surface area contributed by atoms with E-state index in [0.717, 1.165) is 0 Å². The Morgan fingerprint density at radius 1 is 1.54 bits per heavy atom. The molecule has 0 saturated heterocycles. The maximum absolute atomic E-state index is 8.49. The van der Waals surface area contributed by atoms with E-state index >= 15 is 0 Å². The molecule has 3 heteroatoms. The summed E-state index contributed by atoms with van der Waals surface area (Å²) in [6.07, 6.45) is 0. The molecule has 0 aliphatic heterocycles. The third kappa shape index (κ3) is 3.10. The van der Waals surface area contributed by atoms with Crippen LogP contribution in [0.15, 0.2) is 29.2 Å². The van der Waals surface area contributed by atoms with Crippen molar-refractivity contribution in [3.8, 4) is 6.07 Å². The van der Waals surface area contributed by atoms with Gasteiger partial charge >= 0.3 is 0 Å². The lowest BCUT2D eigenvalue weighted by Gasteiger charge is -2.05. The Morgan fingerprint density at radius 3 is 2.85 bits per heavy atom. The molecule has 0 heterocycles. The number of rotatable bonds is 3. The lowest BCUT2D eigenvalue weighted by atomic mass is 10.2. The fourth-order valence-corrected chi connectivity index (χ4v) is 1.84. The summed E-state index contributed by atoms with van der Waals surface area (Å²) < 4.78 is 0. The summed E-state index contributed by atoms with van der Waals surface area (Å²) in [6.45, 7) is 2.06. The van der Waals surface area contributed by atoms with Gasteiger partial charge in [-0.25, -0.2) is 0 Å². The number of aryl methyl sites for hydroxylation is 1. The zero-order chi connectivity index (χ0) is 9.68. The van der Waals surface area contributed by atoms with Crippen LogP contribution >= 0.6 is 11.8 Å². The van der Waals surface area contributed by atoms with Gasteiger partial charge in [0.05, 0.1) is 6.07 Å². The van der Waals surface area contributed by atoms with Gasteiger partial charge in [0, 0.05) is 10.6 Å². The van der Waals surface area contributed by atoms with Gasteiger partial charge in [-0.1, -0.05) is 18.2 Å². The van der Waals surface area contributed by atoms with Crippen LogP contribution in [0.3, 0.4) is 0 Å². The minimum absolute atomic E-state index is 0.371. The van der Waals surface area contributed by atoms with E-state index in [9.17, 15) is 0 Å². The summed E-state index contributed by atoms with van der Waals surface area (Å²) in [7, 11) is 0. The minimum Gasteiger partial charge on any atom is -0.315 e. The Kier molecular flexibility index (Phi) is 3.81. The monoisotopic (exact) mass is 192 g/mol. The van der Waals surface area contributed by atoms with Crippen LogP contribution < -0.4 is 5.73 Å². The molecule has 0 saturated carbocycles. The fourth-order valence-electron chi connectivity index (χ4n) is 0.935. The van der Waals surface area contributed by atoms with Crippen LogP contribution in [0.25, 0.3) is 0 Å². The average Bonchev–Trinajstić information content (AvgIpc) is 2.16. The van der Waals surface area contributed by atoms with E-state index in [2.05, 4.69) is 13.0 Å². The largest absolute Gasteiger partial charge is 0.315 e. The van der Waals surface area contributed by atoms with Gasteiger partial charge in [0.1, 0.15) is 6.04 Å². The van der Waals surface area contributed by atoms with Crippen molar-refractivity contribution < 1.29 is 0 Å². The number of benzene rings is 1. The molecule has 1 unspecified atom stereocenters. The van der Waals surface area contributed by atoms with Crippen LogP contribution in [-0.4, -0.2) is 11.8 Å². The van der Waals surface area contributed by atoms with Crippen LogP contribution in [0, 0.1) is 18.3 Å². The lowest BCUT2D eigenvalue weighted by Crippen LogP contribution is -2.19. The molecule has 0 radical (unpaired) electrons. The second-order valence-electron chi connectivity index (χ2n) is 2.81. The first-order chi connectivity index (χ1) is 6.24. The van der Waals surface area contributed by atoms with Gasteiger partial charge in [-0.3, -0.25) is 0 Å². The predicted molar refractivity (Wildman–Crippen MR) is 55.5 cm³/mol. The Hall–Kier alpha value is -0.980. The van der Waals surface area contributed by atoms with Crippen molar-refractivity contribution in [1.29, 1.82) is 5.26 Å². The molecule has 68 valence electrons. The molecule has 1 rings (SSSR count). The van der Waals surface area contributed by atoms with Crippen molar-refractivity contribution in [2.24, 2.45) is 5.73 Å². The highest BCUT2D eigenvalue weighted by Gasteiger charge is 2.02. The average molecular weight is 192 g/mol. The van der Waals surface area contributed by atoms with Crippen LogP contribution in [0.2, 0.25) is 0 Å². The molecule has 1 aromatic rings. The van der Waals surface area contributed by atoms with E-state index in [1.165, 1.54) is 10.5 Å². The molecule has 0 aliphatic carbocycles. The Bertz CT molecular complexity index is 317. The summed E-state index contributed by atoms with van der Waals surface area (Å²) in [6, 6.07) is 9.74. The van der Waals surface area contributed by atoms with E-state index in [1.54, 1.807) is 11.8 Å². The number of nitrogens with zero attached hydrogens (tertiary/aromatic N) is 1. The van der Waals surface area contributed by atoms with Crippen molar-refractivity contribution in [2.75, 3.05) is 5.75 Å². The maximum Gasteiger partial charge on any atom is 0.102 e. The summed E-state index contributed by atoms with van der Waals surface area (Å²) >= 11 is 1.63. The van der Waals surface area contributed by atoms with Crippen molar-refractivity contribution >= 4 is 11.8 Å². The Balaban J connectivity index is 2.56. The summed E-state index contributed by atoms with van der Waals surface area (Å²) in [5.41, 5.74) is 6.72. The molecule has 0 aromatic heterocycles. The van der Waals surface area contributed by atoms with Gasteiger partial charge in [-0.15, -0.1) is 11.8 Å². The number of nitrogens with two attached hydrogens (primary N) is 1. The van der Waals surface area contributed by atoms with Crippen LogP contribution in [0.5, 0.6) is 0 Å². The highest BCUT2D eigenvalue weighted by atomic mass is 32.2. The van der Waals surface area contributed by atoms with E-state index in [-0.39, 0.29) is 6.04 Å². The first-order valence-corrected chi connectivity index (χ1v) is 5.06. The Morgan fingerprint density at radius 2 is 2.23 bits per heavy atom. The van der Waals surface area contributed by atoms with Crippen molar-refractivity contribution in [2.45, 2.75) is 17.9 Å². The third-order valence-electron chi connectivity index (χ3n) is 1.68. The van der Waals surface area contributed by atoms with Crippen LogP contribution in [0.1, 0.15) is 5.56 Å². The highest BCUT2D eigenvalue weighted by molar-refractivity contribution is 7.99. The fraction of sp³-hybridized carbons (Fsp3) is 0.300. The second kappa shape index (κ2) is 4.90. The molecule has 0 bridgehead atoms. The predicted octanol–water partition coefficient (Wildman–Crippen LogP) is 1.94. The van der Waals surface area contributed by atoms with Crippen LogP contribution in [-0.2, 0) is 0 Å². The van der Waals surface area contributed by atoms with E-state index in [4.69, 9.17) is 11.0 Å². The van der Waals surface area contributed by atoms with E-state index < -0.39 is 0 Å². The first kappa shape index (κ1) is 10.1. The number of hydrogen-bond donors (Lipinski definition) is 1. The van der Waals surface area contributed by atoms with E-state index in [0.29, 0.717) is 5.75 Å². The smallest absolute Gasteiger partial charge is 0.102 e. The van der Waals surface area contributed by atoms with Crippen molar-refractivity contribution in [3.05, 3.63) is 29.8 Å². The van der Waals surface area contributed by atoms with Crippen molar-refractivity contribution in [1.82, 2.24) is 0 Å².